The monoisotopic (exact) mass is 199 g/mol. The van der Waals surface area contributed by atoms with Crippen LogP contribution < -0.4 is 11.1 Å². The van der Waals surface area contributed by atoms with Gasteiger partial charge in [-0.3, -0.25) is 0 Å². The fourth-order valence-electron chi connectivity index (χ4n) is 2.10. The number of nitrogens with zero attached hydrogens (tertiary/aromatic N) is 1. The first kappa shape index (κ1) is 12.0. The van der Waals surface area contributed by atoms with Gasteiger partial charge in [-0.1, -0.05) is 13.8 Å². The molecule has 3 N–H and O–H groups in total. The maximum absolute atomic E-state index is 5.56. The van der Waals surface area contributed by atoms with Crippen LogP contribution in [-0.2, 0) is 0 Å². The second kappa shape index (κ2) is 6.38. The summed E-state index contributed by atoms with van der Waals surface area (Å²) in [4.78, 5) is 2.55. The number of nitrogens with one attached hydrogen (secondary N) is 1. The summed E-state index contributed by atoms with van der Waals surface area (Å²) in [5.74, 6) is 0.860. The molecule has 1 heterocycles. The first-order valence-electron chi connectivity index (χ1n) is 5.88. The van der Waals surface area contributed by atoms with Gasteiger partial charge in [0.1, 0.15) is 0 Å². The summed E-state index contributed by atoms with van der Waals surface area (Å²) >= 11 is 0. The summed E-state index contributed by atoms with van der Waals surface area (Å²) in [5, 5.41) is 3.45. The molecule has 3 heteroatoms. The maximum atomic E-state index is 5.56. The molecule has 1 atom stereocenters. The van der Waals surface area contributed by atoms with Crippen molar-refractivity contribution in [1.29, 1.82) is 0 Å². The summed E-state index contributed by atoms with van der Waals surface area (Å²) in [6.07, 6.45) is 2.55. The Balaban J connectivity index is 2.04. The zero-order chi connectivity index (χ0) is 10.4. The first-order valence-corrected chi connectivity index (χ1v) is 5.88. The van der Waals surface area contributed by atoms with Gasteiger partial charge in [-0.2, -0.15) is 0 Å². The highest BCUT2D eigenvalue weighted by molar-refractivity contribution is 4.76. The Morgan fingerprint density at radius 1 is 1.50 bits per heavy atom. The van der Waals surface area contributed by atoms with Gasteiger partial charge in [0.05, 0.1) is 0 Å². The molecule has 14 heavy (non-hydrogen) atoms. The van der Waals surface area contributed by atoms with Gasteiger partial charge in [0.25, 0.3) is 0 Å². The SMILES string of the molecule is CC(C)NCCN1CCC(CCN)C1. The van der Waals surface area contributed by atoms with E-state index in [-0.39, 0.29) is 0 Å². The molecule has 84 valence electrons. The predicted octanol–water partition coefficient (Wildman–Crippen LogP) is 0.655. The van der Waals surface area contributed by atoms with Crippen LogP contribution in [0.1, 0.15) is 26.7 Å². The summed E-state index contributed by atoms with van der Waals surface area (Å²) in [7, 11) is 0. The highest BCUT2D eigenvalue weighted by Gasteiger charge is 2.20. The second-order valence-electron chi connectivity index (χ2n) is 4.64. The summed E-state index contributed by atoms with van der Waals surface area (Å²) in [6, 6.07) is 0.609. The lowest BCUT2D eigenvalue weighted by Crippen LogP contribution is -2.33. The van der Waals surface area contributed by atoms with Gasteiger partial charge in [0.15, 0.2) is 0 Å². The maximum Gasteiger partial charge on any atom is 0.0107 e. The molecule has 0 aliphatic carbocycles. The Morgan fingerprint density at radius 2 is 2.29 bits per heavy atom. The number of hydrogen-bond acceptors (Lipinski definition) is 3. The van der Waals surface area contributed by atoms with Gasteiger partial charge in [-0.05, 0) is 31.8 Å². The molecule has 0 bridgehead atoms. The van der Waals surface area contributed by atoms with Gasteiger partial charge in [0.2, 0.25) is 0 Å². The fourth-order valence-corrected chi connectivity index (χ4v) is 2.10. The highest BCUT2D eigenvalue weighted by atomic mass is 15.2. The molecule has 0 amide bonds. The van der Waals surface area contributed by atoms with Crippen molar-refractivity contribution in [2.24, 2.45) is 11.7 Å². The van der Waals surface area contributed by atoms with Crippen LogP contribution in [-0.4, -0.2) is 43.7 Å². The highest BCUT2D eigenvalue weighted by Crippen LogP contribution is 2.17. The minimum Gasteiger partial charge on any atom is -0.330 e. The van der Waals surface area contributed by atoms with Crippen molar-refractivity contribution < 1.29 is 0 Å². The predicted molar refractivity (Wildman–Crippen MR) is 61.4 cm³/mol. The van der Waals surface area contributed by atoms with Crippen LogP contribution in [0.15, 0.2) is 0 Å². The van der Waals surface area contributed by atoms with E-state index in [1.54, 1.807) is 0 Å². The molecule has 0 spiro atoms. The third kappa shape index (κ3) is 4.40. The molecule has 0 radical (unpaired) electrons. The zero-order valence-electron chi connectivity index (χ0n) is 9.63. The van der Waals surface area contributed by atoms with Crippen LogP contribution in [0.5, 0.6) is 0 Å². The van der Waals surface area contributed by atoms with E-state index in [9.17, 15) is 0 Å². The Hall–Kier alpha value is -0.120. The van der Waals surface area contributed by atoms with Crippen molar-refractivity contribution in [3.8, 4) is 0 Å². The second-order valence-corrected chi connectivity index (χ2v) is 4.64. The lowest BCUT2D eigenvalue weighted by atomic mass is 10.1. The molecule has 1 unspecified atom stereocenters. The number of likely N-dealkylation sites (tertiary alicyclic amines) is 1. The van der Waals surface area contributed by atoms with E-state index < -0.39 is 0 Å². The van der Waals surface area contributed by atoms with E-state index in [1.807, 2.05) is 0 Å². The Bertz CT molecular complexity index is 147. The molecule has 1 rings (SSSR count). The van der Waals surface area contributed by atoms with Gasteiger partial charge >= 0.3 is 0 Å². The average Bonchev–Trinajstić information content (AvgIpc) is 2.53. The normalized spacial score (nSPS) is 23.6. The van der Waals surface area contributed by atoms with Crippen molar-refractivity contribution in [3.05, 3.63) is 0 Å². The van der Waals surface area contributed by atoms with Gasteiger partial charge < -0.3 is 16.0 Å². The molecule has 0 aromatic heterocycles. The first-order chi connectivity index (χ1) is 6.72. The summed E-state index contributed by atoms with van der Waals surface area (Å²) < 4.78 is 0. The summed E-state index contributed by atoms with van der Waals surface area (Å²) in [5.41, 5.74) is 5.56. The topological polar surface area (TPSA) is 41.3 Å². The molecule has 1 aliphatic rings. The van der Waals surface area contributed by atoms with E-state index >= 15 is 0 Å². The van der Waals surface area contributed by atoms with E-state index in [0.29, 0.717) is 6.04 Å². The number of rotatable bonds is 6. The number of nitrogens with two attached hydrogens (primary N) is 1. The van der Waals surface area contributed by atoms with E-state index in [4.69, 9.17) is 5.73 Å². The molecular weight excluding hydrogens is 174 g/mol. The van der Waals surface area contributed by atoms with Crippen LogP contribution in [0.4, 0.5) is 0 Å². The average molecular weight is 199 g/mol. The molecule has 1 aliphatic heterocycles. The van der Waals surface area contributed by atoms with Crippen molar-refractivity contribution in [2.45, 2.75) is 32.7 Å². The fraction of sp³-hybridized carbons (Fsp3) is 1.00. The van der Waals surface area contributed by atoms with Gasteiger partial charge in [-0.15, -0.1) is 0 Å². The van der Waals surface area contributed by atoms with E-state index in [0.717, 1.165) is 19.0 Å². The molecule has 0 aromatic carbocycles. The zero-order valence-corrected chi connectivity index (χ0v) is 9.63. The Labute approximate surface area is 88.0 Å². The quantitative estimate of drug-likeness (QED) is 0.660. The molecule has 0 saturated carbocycles. The minimum absolute atomic E-state index is 0.609. The van der Waals surface area contributed by atoms with Crippen molar-refractivity contribution in [1.82, 2.24) is 10.2 Å². The molecular formula is C11H25N3. The van der Waals surface area contributed by atoms with Gasteiger partial charge in [-0.25, -0.2) is 0 Å². The standard InChI is InChI=1S/C11H25N3/c1-10(2)13-6-8-14-7-4-11(9-14)3-5-12/h10-11,13H,3-9,12H2,1-2H3. The molecule has 1 saturated heterocycles. The van der Waals surface area contributed by atoms with Crippen LogP contribution in [0, 0.1) is 5.92 Å². The Kier molecular flexibility index (Phi) is 5.45. The lowest BCUT2D eigenvalue weighted by molar-refractivity contribution is 0.315. The van der Waals surface area contributed by atoms with Crippen molar-refractivity contribution in [3.63, 3.8) is 0 Å². The molecule has 1 fully saturated rings. The van der Waals surface area contributed by atoms with Crippen LogP contribution in [0.2, 0.25) is 0 Å². The molecule has 3 nitrogen and oxygen atoms in total. The lowest BCUT2D eigenvalue weighted by Gasteiger charge is -2.17. The Morgan fingerprint density at radius 3 is 2.93 bits per heavy atom. The smallest absolute Gasteiger partial charge is 0.0107 e. The van der Waals surface area contributed by atoms with Gasteiger partial charge in [0, 0.05) is 25.7 Å². The van der Waals surface area contributed by atoms with Crippen molar-refractivity contribution in [2.75, 3.05) is 32.7 Å². The third-order valence-electron chi connectivity index (χ3n) is 2.93. The minimum atomic E-state index is 0.609. The summed E-state index contributed by atoms with van der Waals surface area (Å²) in [6.45, 7) is 10.1. The van der Waals surface area contributed by atoms with E-state index in [2.05, 4.69) is 24.1 Å². The van der Waals surface area contributed by atoms with E-state index in [1.165, 1.54) is 32.5 Å². The third-order valence-corrected chi connectivity index (χ3v) is 2.93. The van der Waals surface area contributed by atoms with Crippen LogP contribution in [0.3, 0.4) is 0 Å². The number of hydrogen-bond donors (Lipinski definition) is 2. The van der Waals surface area contributed by atoms with Crippen LogP contribution >= 0.6 is 0 Å². The van der Waals surface area contributed by atoms with Crippen molar-refractivity contribution >= 4 is 0 Å². The largest absolute Gasteiger partial charge is 0.330 e. The molecule has 0 aromatic rings. The van der Waals surface area contributed by atoms with Crippen LogP contribution in [0.25, 0.3) is 0 Å².